The number of halogens is 2. The van der Waals surface area contributed by atoms with Crippen molar-refractivity contribution in [2.75, 3.05) is 31.6 Å². The van der Waals surface area contributed by atoms with Crippen molar-refractivity contribution in [3.63, 3.8) is 0 Å². The van der Waals surface area contributed by atoms with Crippen LogP contribution in [0.4, 0.5) is 5.69 Å². The van der Waals surface area contributed by atoms with Crippen molar-refractivity contribution >= 4 is 40.7 Å². The lowest BCUT2D eigenvalue weighted by Crippen LogP contribution is -2.40. The highest BCUT2D eigenvalue weighted by molar-refractivity contribution is 6.35. The van der Waals surface area contributed by atoms with Gasteiger partial charge in [0.1, 0.15) is 5.75 Å². The second-order valence-corrected chi connectivity index (χ2v) is 7.15. The second-order valence-electron chi connectivity index (χ2n) is 6.31. The van der Waals surface area contributed by atoms with E-state index >= 15 is 0 Å². The van der Waals surface area contributed by atoms with Gasteiger partial charge in [-0.1, -0.05) is 29.3 Å². The molecule has 28 heavy (non-hydrogen) atoms. The van der Waals surface area contributed by atoms with E-state index in [0.29, 0.717) is 53.3 Å². The fourth-order valence-corrected chi connectivity index (χ4v) is 3.19. The Bertz CT molecular complexity index is 869. The van der Waals surface area contributed by atoms with Gasteiger partial charge >= 0.3 is 0 Å². The van der Waals surface area contributed by atoms with Gasteiger partial charge in [0.2, 0.25) is 0 Å². The van der Waals surface area contributed by atoms with Crippen LogP contribution >= 0.6 is 23.2 Å². The topological polar surface area (TPSA) is 67.9 Å². The first-order chi connectivity index (χ1) is 13.4. The molecule has 0 saturated carbocycles. The molecule has 1 aliphatic rings. The van der Waals surface area contributed by atoms with E-state index in [0.717, 1.165) is 0 Å². The molecule has 1 atom stereocenters. The SMILES string of the molecule is CC(Oc1ccc(Cl)cc1Cl)C(=O)Nc1cccc(C(=O)N2CCOCC2)c1. The van der Waals surface area contributed by atoms with Crippen molar-refractivity contribution in [3.05, 3.63) is 58.1 Å². The van der Waals surface area contributed by atoms with Gasteiger partial charge in [0.15, 0.2) is 6.10 Å². The van der Waals surface area contributed by atoms with E-state index in [1.165, 1.54) is 0 Å². The average molecular weight is 423 g/mol. The van der Waals surface area contributed by atoms with E-state index in [2.05, 4.69) is 5.32 Å². The van der Waals surface area contributed by atoms with E-state index in [1.807, 2.05) is 0 Å². The third-order valence-corrected chi connectivity index (χ3v) is 4.77. The molecule has 1 heterocycles. The number of nitrogens with one attached hydrogen (secondary N) is 1. The van der Waals surface area contributed by atoms with Crippen molar-refractivity contribution < 1.29 is 19.1 Å². The van der Waals surface area contributed by atoms with Crippen LogP contribution in [0, 0.1) is 0 Å². The summed E-state index contributed by atoms with van der Waals surface area (Å²) in [4.78, 5) is 26.8. The lowest BCUT2D eigenvalue weighted by atomic mass is 10.1. The maximum atomic E-state index is 12.6. The number of anilines is 1. The first-order valence-electron chi connectivity index (χ1n) is 8.83. The Morgan fingerprint density at radius 2 is 1.89 bits per heavy atom. The molecule has 1 saturated heterocycles. The summed E-state index contributed by atoms with van der Waals surface area (Å²) in [6, 6.07) is 11.6. The molecular weight excluding hydrogens is 403 g/mol. The first kappa shape index (κ1) is 20.5. The van der Waals surface area contributed by atoms with Gasteiger partial charge in [-0.2, -0.15) is 0 Å². The monoisotopic (exact) mass is 422 g/mol. The van der Waals surface area contributed by atoms with Crippen LogP contribution in [0.5, 0.6) is 5.75 Å². The van der Waals surface area contributed by atoms with Crippen LogP contribution in [0.3, 0.4) is 0 Å². The third-order valence-electron chi connectivity index (χ3n) is 4.24. The van der Waals surface area contributed by atoms with Gasteiger partial charge in [-0.15, -0.1) is 0 Å². The zero-order chi connectivity index (χ0) is 20.1. The molecule has 148 valence electrons. The highest BCUT2D eigenvalue weighted by atomic mass is 35.5. The fraction of sp³-hybridized carbons (Fsp3) is 0.300. The van der Waals surface area contributed by atoms with Crippen LogP contribution < -0.4 is 10.1 Å². The standard InChI is InChI=1S/C20H20Cl2N2O4/c1-13(28-18-6-5-15(21)12-17(18)22)19(25)23-16-4-2-3-14(11-16)20(26)24-7-9-27-10-8-24/h2-6,11-13H,7-10H2,1H3,(H,23,25). The Morgan fingerprint density at radius 1 is 1.14 bits per heavy atom. The number of hydrogen-bond donors (Lipinski definition) is 1. The lowest BCUT2D eigenvalue weighted by Gasteiger charge is -2.27. The van der Waals surface area contributed by atoms with E-state index < -0.39 is 6.10 Å². The summed E-state index contributed by atoms with van der Waals surface area (Å²) in [7, 11) is 0. The number of carbonyl (C=O) groups excluding carboxylic acids is 2. The summed E-state index contributed by atoms with van der Waals surface area (Å²) < 4.78 is 10.9. The van der Waals surface area contributed by atoms with Gasteiger partial charge in [0.25, 0.3) is 11.8 Å². The van der Waals surface area contributed by atoms with Crippen LogP contribution in [0.15, 0.2) is 42.5 Å². The van der Waals surface area contributed by atoms with Gasteiger partial charge < -0.3 is 19.7 Å². The molecule has 6 nitrogen and oxygen atoms in total. The largest absolute Gasteiger partial charge is 0.479 e. The zero-order valence-electron chi connectivity index (χ0n) is 15.3. The molecule has 0 bridgehead atoms. The van der Waals surface area contributed by atoms with Crippen molar-refractivity contribution in [1.29, 1.82) is 0 Å². The molecular formula is C20H20Cl2N2O4. The Balaban J connectivity index is 1.64. The van der Waals surface area contributed by atoms with Crippen molar-refractivity contribution in [1.82, 2.24) is 4.90 Å². The average Bonchev–Trinajstić information content (AvgIpc) is 2.70. The molecule has 1 fully saturated rings. The van der Waals surface area contributed by atoms with Crippen LogP contribution in [0.25, 0.3) is 0 Å². The summed E-state index contributed by atoms with van der Waals surface area (Å²) >= 11 is 11.9. The highest BCUT2D eigenvalue weighted by Crippen LogP contribution is 2.28. The first-order valence-corrected chi connectivity index (χ1v) is 9.59. The molecule has 1 N–H and O–H groups in total. The molecule has 2 aromatic carbocycles. The third kappa shape index (κ3) is 5.16. The van der Waals surface area contributed by atoms with Gasteiger partial charge in [-0.05, 0) is 43.3 Å². The molecule has 1 aliphatic heterocycles. The zero-order valence-corrected chi connectivity index (χ0v) is 16.8. The Morgan fingerprint density at radius 3 is 2.61 bits per heavy atom. The summed E-state index contributed by atoms with van der Waals surface area (Å²) in [5.41, 5.74) is 1.02. The molecule has 0 spiro atoms. The summed E-state index contributed by atoms with van der Waals surface area (Å²) in [5.74, 6) is -0.0800. The molecule has 8 heteroatoms. The van der Waals surface area contributed by atoms with E-state index in [1.54, 1.807) is 54.3 Å². The normalized spacial score (nSPS) is 15.0. The lowest BCUT2D eigenvalue weighted by molar-refractivity contribution is -0.122. The van der Waals surface area contributed by atoms with Crippen LogP contribution in [0.2, 0.25) is 10.0 Å². The van der Waals surface area contributed by atoms with Crippen LogP contribution in [0.1, 0.15) is 17.3 Å². The van der Waals surface area contributed by atoms with E-state index in [9.17, 15) is 9.59 Å². The minimum Gasteiger partial charge on any atom is -0.479 e. The smallest absolute Gasteiger partial charge is 0.265 e. The number of rotatable bonds is 5. The van der Waals surface area contributed by atoms with Crippen LogP contribution in [-0.4, -0.2) is 49.1 Å². The van der Waals surface area contributed by atoms with E-state index in [-0.39, 0.29) is 11.8 Å². The summed E-state index contributed by atoms with van der Waals surface area (Å²) in [6.07, 6.45) is -0.794. The predicted molar refractivity (Wildman–Crippen MR) is 108 cm³/mol. The molecule has 3 rings (SSSR count). The molecule has 2 aromatic rings. The maximum absolute atomic E-state index is 12.6. The van der Waals surface area contributed by atoms with Crippen LogP contribution in [-0.2, 0) is 9.53 Å². The number of hydrogen-bond acceptors (Lipinski definition) is 4. The molecule has 0 aromatic heterocycles. The number of nitrogens with zero attached hydrogens (tertiary/aromatic N) is 1. The van der Waals surface area contributed by atoms with Gasteiger partial charge in [0.05, 0.1) is 18.2 Å². The van der Waals surface area contributed by atoms with Gasteiger partial charge in [-0.25, -0.2) is 0 Å². The number of benzene rings is 2. The Labute approximate surface area is 173 Å². The second kappa shape index (κ2) is 9.28. The van der Waals surface area contributed by atoms with Crippen molar-refractivity contribution in [3.8, 4) is 5.75 Å². The van der Waals surface area contributed by atoms with Gasteiger partial charge in [0, 0.05) is 29.4 Å². The number of ether oxygens (including phenoxy) is 2. The molecule has 0 aliphatic carbocycles. The summed E-state index contributed by atoms with van der Waals surface area (Å²) in [6.45, 7) is 3.79. The van der Waals surface area contributed by atoms with E-state index in [4.69, 9.17) is 32.7 Å². The minimum absolute atomic E-state index is 0.0864. The molecule has 0 radical (unpaired) electrons. The molecule has 2 amide bonds. The minimum atomic E-state index is -0.794. The quantitative estimate of drug-likeness (QED) is 0.793. The van der Waals surface area contributed by atoms with Gasteiger partial charge in [-0.3, -0.25) is 9.59 Å². The van der Waals surface area contributed by atoms with Crippen molar-refractivity contribution in [2.24, 2.45) is 0 Å². The maximum Gasteiger partial charge on any atom is 0.265 e. The number of carbonyl (C=O) groups is 2. The Kier molecular flexibility index (Phi) is 6.78. The number of amides is 2. The fourth-order valence-electron chi connectivity index (χ4n) is 2.74. The number of morpholine rings is 1. The molecule has 1 unspecified atom stereocenters. The summed E-state index contributed by atoms with van der Waals surface area (Å²) in [5, 5.41) is 3.57. The Hall–Kier alpha value is -2.28. The highest BCUT2D eigenvalue weighted by Gasteiger charge is 2.20. The van der Waals surface area contributed by atoms with Crippen molar-refractivity contribution in [2.45, 2.75) is 13.0 Å². The predicted octanol–water partition coefficient (Wildman–Crippen LogP) is 3.87.